The Morgan fingerprint density at radius 2 is 1.93 bits per heavy atom. The average Bonchev–Trinajstić information content (AvgIpc) is 2.85. The minimum absolute atomic E-state index is 0.00493. The molecule has 0 bridgehead atoms. The first kappa shape index (κ1) is 22.4. The first-order chi connectivity index (χ1) is 13.0. The summed E-state index contributed by atoms with van der Waals surface area (Å²) in [6, 6.07) is -0.533. The normalized spacial score (nSPS) is 11.6. The molecular weight excluding hydrogens is 396 g/mol. The van der Waals surface area contributed by atoms with Gasteiger partial charge in [0.25, 0.3) is 5.56 Å². The molecule has 0 radical (unpaired) electrons. The molecule has 28 heavy (non-hydrogen) atoms. The molecule has 0 saturated carbocycles. The second kappa shape index (κ2) is 9.09. The van der Waals surface area contributed by atoms with E-state index < -0.39 is 17.5 Å². The summed E-state index contributed by atoms with van der Waals surface area (Å²) in [7, 11) is 0. The first-order valence-electron chi connectivity index (χ1n) is 9.28. The van der Waals surface area contributed by atoms with Gasteiger partial charge in [0.1, 0.15) is 4.83 Å². The van der Waals surface area contributed by atoms with E-state index in [4.69, 9.17) is 0 Å². The summed E-state index contributed by atoms with van der Waals surface area (Å²) in [5, 5.41) is 6.17. The predicted octanol–water partition coefficient (Wildman–Crippen LogP) is 3.59. The summed E-state index contributed by atoms with van der Waals surface area (Å²) in [6.45, 7) is 12.0. The lowest BCUT2D eigenvalue weighted by molar-refractivity contribution is -0.117. The fraction of sp³-hybridized carbons (Fsp3) is 0.579. The smallest absolute Gasteiger partial charge is 0.321 e. The van der Waals surface area contributed by atoms with Gasteiger partial charge in [0.2, 0.25) is 5.91 Å². The van der Waals surface area contributed by atoms with Gasteiger partial charge in [0, 0.05) is 17.0 Å². The Balaban J connectivity index is 2.22. The molecule has 7 nitrogen and oxygen atoms in total. The number of fused-ring (bicyclic) bond motifs is 1. The third-order valence-corrected chi connectivity index (χ3v) is 6.14. The number of nitrogens with zero attached hydrogens (tertiary/aromatic N) is 2. The van der Waals surface area contributed by atoms with E-state index in [9.17, 15) is 14.4 Å². The lowest BCUT2D eigenvalue weighted by Crippen LogP contribution is -2.48. The number of aromatic nitrogens is 2. The highest BCUT2D eigenvalue weighted by molar-refractivity contribution is 7.99. The molecule has 3 amide bonds. The summed E-state index contributed by atoms with van der Waals surface area (Å²) in [5.41, 5.74) is 0.476. The van der Waals surface area contributed by atoms with E-state index in [2.05, 4.69) is 22.5 Å². The molecule has 0 spiro atoms. The lowest BCUT2D eigenvalue weighted by atomic mass is 10.1. The summed E-state index contributed by atoms with van der Waals surface area (Å²) in [5.74, 6) is -0.424. The highest BCUT2D eigenvalue weighted by Gasteiger charge is 2.19. The molecular formula is C19H28N4O3S2. The molecule has 2 aromatic heterocycles. The molecule has 2 heterocycles. The van der Waals surface area contributed by atoms with E-state index in [0.717, 1.165) is 23.3 Å². The van der Waals surface area contributed by atoms with Gasteiger partial charge in [-0.15, -0.1) is 11.3 Å². The van der Waals surface area contributed by atoms with Crippen molar-refractivity contribution in [2.24, 2.45) is 0 Å². The third kappa shape index (κ3) is 5.57. The van der Waals surface area contributed by atoms with Gasteiger partial charge in [-0.1, -0.05) is 25.1 Å². The zero-order valence-corrected chi connectivity index (χ0v) is 18.9. The number of imide groups is 1. The number of hydrogen-bond acceptors (Lipinski definition) is 6. The van der Waals surface area contributed by atoms with Crippen LogP contribution in [0.2, 0.25) is 0 Å². The van der Waals surface area contributed by atoms with Crippen LogP contribution in [-0.2, 0) is 11.3 Å². The summed E-state index contributed by atoms with van der Waals surface area (Å²) in [6.07, 6.45) is 1.80. The monoisotopic (exact) mass is 424 g/mol. The maximum absolute atomic E-state index is 13.0. The number of carbonyl (C=O) groups is 2. The van der Waals surface area contributed by atoms with E-state index in [0.29, 0.717) is 21.9 Å². The molecule has 9 heteroatoms. The molecule has 2 N–H and O–H groups in total. The van der Waals surface area contributed by atoms with Crippen molar-refractivity contribution in [1.29, 1.82) is 0 Å². The van der Waals surface area contributed by atoms with Crippen LogP contribution in [0, 0.1) is 13.8 Å². The van der Waals surface area contributed by atoms with E-state index in [1.807, 2.05) is 34.6 Å². The van der Waals surface area contributed by atoms with Crippen molar-refractivity contribution in [3.05, 3.63) is 20.8 Å². The lowest BCUT2D eigenvalue weighted by Gasteiger charge is -2.20. The van der Waals surface area contributed by atoms with Gasteiger partial charge in [-0.2, -0.15) is 0 Å². The second-order valence-electron chi connectivity index (χ2n) is 7.71. The van der Waals surface area contributed by atoms with Crippen LogP contribution in [0.5, 0.6) is 0 Å². The molecule has 0 atom stereocenters. The number of nitrogens with one attached hydrogen (secondary N) is 2. The quantitative estimate of drug-likeness (QED) is 0.546. The summed E-state index contributed by atoms with van der Waals surface area (Å²) < 4.78 is 1.65. The van der Waals surface area contributed by atoms with Gasteiger partial charge >= 0.3 is 6.03 Å². The van der Waals surface area contributed by atoms with Crippen molar-refractivity contribution in [1.82, 2.24) is 20.2 Å². The van der Waals surface area contributed by atoms with Crippen LogP contribution in [0.25, 0.3) is 10.2 Å². The highest BCUT2D eigenvalue weighted by Crippen LogP contribution is 2.28. The standard InChI is InChI=1S/C19H28N4O3S2/c1-7-8-9-23-16(25)14-11(2)12(3)28-15(14)21-18(23)27-10-13(24)20-17(26)22-19(4,5)6/h7-10H2,1-6H3,(H2,20,22,24,26). The second-order valence-corrected chi connectivity index (χ2v) is 9.85. The van der Waals surface area contributed by atoms with Crippen molar-refractivity contribution in [2.75, 3.05) is 5.75 Å². The number of unbranched alkanes of at least 4 members (excludes halogenated alkanes) is 1. The zero-order valence-electron chi connectivity index (χ0n) is 17.3. The van der Waals surface area contributed by atoms with Gasteiger partial charge in [-0.3, -0.25) is 19.5 Å². The first-order valence-corrected chi connectivity index (χ1v) is 11.1. The number of aryl methyl sites for hydroxylation is 2. The molecule has 0 unspecified atom stereocenters. The molecule has 0 saturated heterocycles. The molecule has 0 fully saturated rings. The fourth-order valence-electron chi connectivity index (χ4n) is 2.60. The Kier molecular flexibility index (Phi) is 7.28. The maximum atomic E-state index is 13.0. The summed E-state index contributed by atoms with van der Waals surface area (Å²) >= 11 is 2.66. The van der Waals surface area contributed by atoms with Crippen LogP contribution in [0.15, 0.2) is 9.95 Å². The minimum Gasteiger partial charge on any atom is -0.333 e. The van der Waals surface area contributed by atoms with Crippen LogP contribution in [-0.4, -0.2) is 32.8 Å². The highest BCUT2D eigenvalue weighted by atomic mass is 32.2. The van der Waals surface area contributed by atoms with Crippen molar-refractivity contribution in [3.63, 3.8) is 0 Å². The summed E-state index contributed by atoms with van der Waals surface area (Å²) in [4.78, 5) is 43.4. The molecule has 0 aliphatic carbocycles. The maximum Gasteiger partial charge on any atom is 0.321 e. The topological polar surface area (TPSA) is 93.1 Å². The van der Waals surface area contributed by atoms with Gasteiger partial charge < -0.3 is 5.32 Å². The third-order valence-electron chi connectivity index (χ3n) is 4.06. The molecule has 2 rings (SSSR count). The number of carbonyl (C=O) groups excluding carboxylic acids is 2. The zero-order chi connectivity index (χ0) is 21.1. The number of urea groups is 1. The number of rotatable bonds is 6. The van der Waals surface area contributed by atoms with Crippen LogP contribution in [0.4, 0.5) is 4.79 Å². The minimum atomic E-state index is -0.533. The Hall–Kier alpha value is -1.87. The molecule has 154 valence electrons. The Labute approximate surface area is 173 Å². The van der Waals surface area contributed by atoms with Crippen molar-refractivity contribution in [2.45, 2.75) is 71.6 Å². The fourth-order valence-corrected chi connectivity index (χ4v) is 4.49. The van der Waals surface area contributed by atoms with Gasteiger partial charge in [0.15, 0.2) is 5.16 Å². The van der Waals surface area contributed by atoms with E-state index in [1.165, 1.54) is 23.1 Å². The van der Waals surface area contributed by atoms with Crippen LogP contribution in [0.3, 0.4) is 0 Å². The van der Waals surface area contributed by atoms with Gasteiger partial charge in [0.05, 0.1) is 11.1 Å². The number of thioether (sulfide) groups is 1. The van der Waals surface area contributed by atoms with E-state index >= 15 is 0 Å². The van der Waals surface area contributed by atoms with Crippen LogP contribution >= 0.6 is 23.1 Å². The predicted molar refractivity (Wildman–Crippen MR) is 115 cm³/mol. The largest absolute Gasteiger partial charge is 0.333 e. The Morgan fingerprint density at radius 1 is 1.25 bits per heavy atom. The van der Waals surface area contributed by atoms with Gasteiger partial charge in [-0.25, -0.2) is 9.78 Å². The Morgan fingerprint density at radius 3 is 2.54 bits per heavy atom. The number of hydrogen-bond donors (Lipinski definition) is 2. The van der Waals surface area contributed by atoms with Crippen molar-refractivity contribution in [3.8, 4) is 0 Å². The van der Waals surface area contributed by atoms with Crippen LogP contribution in [0.1, 0.15) is 51.0 Å². The van der Waals surface area contributed by atoms with Crippen LogP contribution < -0.4 is 16.2 Å². The average molecular weight is 425 g/mol. The van der Waals surface area contributed by atoms with Crippen molar-refractivity contribution < 1.29 is 9.59 Å². The van der Waals surface area contributed by atoms with E-state index in [-0.39, 0.29) is 11.3 Å². The molecule has 0 aliphatic rings. The van der Waals surface area contributed by atoms with Crippen molar-refractivity contribution >= 4 is 45.3 Å². The molecule has 0 aromatic carbocycles. The number of thiophene rings is 1. The number of amides is 3. The van der Waals surface area contributed by atoms with Gasteiger partial charge in [-0.05, 0) is 46.6 Å². The SMILES string of the molecule is CCCCn1c(SCC(=O)NC(=O)NC(C)(C)C)nc2sc(C)c(C)c2c1=O. The molecule has 0 aliphatic heterocycles. The Bertz CT molecular complexity index is 941. The van der Waals surface area contributed by atoms with E-state index in [1.54, 1.807) is 4.57 Å². The molecule has 2 aromatic rings.